The van der Waals surface area contributed by atoms with Crippen molar-refractivity contribution in [3.05, 3.63) is 59.2 Å². The Bertz CT molecular complexity index is 960. The van der Waals surface area contributed by atoms with Gasteiger partial charge in [-0.25, -0.2) is 0 Å². The summed E-state index contributed by atoms with van der Waals surface area (Å²) in [7, 11) is 2.10. The maximum Gasteiger partial charge on any atom is 0.237 e. The molecule has 4 rings (SSSR count). The number of fused-ring (bicyclic) bond motifs is 1. The average molecular weight is 437 g/mol. The van der Waals surface area contributed by atoms with Crippen LogP contribution in [0.2, 0.25) is 0 Å². The number of amides is 2. The first kappa shape index (κ1) is 22.1. The van der Waals surface area contributed by atoms with Gasteiger partial charge in [0.2, 0.25) is 11.8 Å². The molecule has 170 valence electrons. The summed E-state index contributed by atoms with van der Waals surface area (Å²) in [4.78, 5) is 29.6. The number of nitrogens with zero attached hydrogens (tertiary/aromatic N) is 2. The summed E-state index contributed by atoms with van der Waals surface area (Å²) in [5, 5.41) is 5.90. The Balaban J connectivity index is 1.34. The highest BCUT2D eigenvalue weighted by atomic mass is 16.5. The van der Waals surface area contributed by atoms with Crippen molar-refractivity contribution in [1.29, 1.82) is 0 Å². The van der Waals surface area contributed by atoms with E-state index in [-0.39, 0.29) is 18.2 Å². The highest BCUT2D eigenvalue weighted by molar-refractivity contribution is 5.88. The van der Waals surface area contributed by atoms with Crippen LogP contribution in [0.5, 0.6) is 5.75 Å². The second kappa shape index (κ2) is 10.0. The summed E-state index contributed by atoms with van der Waals surface area (Å²) in [5.74, 6) is 0.640. The minimum atomic E-state index is -0.469. The van der Waals surface area contributed by atoms with Crippen LogP contribution in [0, 0.1) is 0 Å². The van der Waals surface area contributed by atoms with Gasteiger partial charge >= 0.3 is 0 Å². The van der Waals surface area contributed by atoms with E-state index in [1.807, 2.05) is 31.2 Å². The number of ether oxygens (including phenoxy) is 1. The summed E-state index contributed by atoms with van der Waals surface area (Å²) >= 11 is 0. The summed E-state index contributed by atoms with van der Waals surface area (Å²) in [6, 6.07) is 13.8. The number of anilines is 1. The molecule has 0 aromatic heterocycles. The van der Waals surface area contributed by atoms with Gasteiger partial charge in [0.1, 0.15) is 5.75 Å². The van der Waals surface area contributed by atoms with Crippen molar-refractivity contribution in [2.24, 2.45) is 0 Å². The van der Waals surface area contributed by atoms with Gasteiger partial charge in [0.25, 0.3) is 0 Å². The Labute approximate surface area is 189 Å². The highest BCUT2D eigenvalue weighted by Gasteiger charge is 2.31. The Hall–Kier alpha value is -3.06. The third kappa shape index (κ3) is 5.22. The van der Waals surface area contributed by atoms with Crippen molar-refractivity contribution in [1.82, 2.24) is 15.5 Å². The maximum absolute atomic E-state index is 12.7. The smallest absolute Gasteiger partial charge is 0.237 e. The number of rotatable bonds is 8. The fourth-order valence-electron chi connectivity index (χ4n) is 4.44. The zero-order chi connectivity index (χ0) is 22.5. The molecule has 2 aliphatic heterocycles. The van der Waals surface area contributed by atoms with Crippen molar-refractivity contribution in [2.75, 3.05) is 38.2 Å². The van der Waals surface area contributed by atoms with E-state index in [1.165, 1.54) is 11.3 Å². The molecule has 2 aromatic carbocycles. The molecule has 7 nitrogen and oxygen atoms in total. The standard InChI is InChI=1S/C25H32N4O3/c1-3-32-21-7-4-18(5-8-21)17-29-13-11-26-25(31)23(29)15-24(30)27-16-19-6-9-22-20(14-19)10-12-28(22)2/h4-9,14,23H,3,10-13,15-17H2,1-2H3,(H,26,31)(H,27,30)/t23-/m1/s1. The number of hydrogen-bond donors (Lipinski definition) is 2. The molecule has 0 unspecified atom stereocenters. The van der Waals surface area contributed by atoms with Crippen LogP contribution in [0.1, 0.15) is 30.0 Å². The molecule has 32 heavy (non-hydrogen) atoms. The highest BCUT2D eigenvalue weighted by Crippen LogP contribution is 2.27. The van der Waals surface area contributed by atoms with E-state index in [2.05, 4.69) is 45.7 Å². The normalized spacial score (nSPS) is 18.2. The molecule has 7 heteroatoms. The van der Waals surface area contributed by atoms with Gasteiger partial charge in [-0.05, 0) is 48.2 Å². The van der Waals surface area contributed by atoms with E-state index >= 15 is 0 Å². The second-order valence-electron chi connectivity index (χ2n) is 8.47. The Morgan fingerprint density at radius 2 is 1.94 bits per heavy atom. The number of piperazine rings is 1. The number of hydrogen-bond acceptors (Lipinski definition) is 5. The number of likely N-dealkylation sites (N-methyl/N-ethyl adjacent to an activating group) is 1. The SMILES string of the molecule is CCOc1ccc(CN2CCNC(=O)[C@H]2CC(=O)NCc2ccc3c(c2)CCN3C)cc1. The van der Waals surface area contributed by atoms with Gasteiger partial charge in [-0.3, -0.25) is 14.5 Å². The average Bonchev–Trinajstić information content (AvgIpc) is 3.16. The lowest BCUT2D eigenvalue weighted by Crippen LogP contribution is -2.56. The van der Waals surface area contributed by atoms with Crippen molar-refractivity contribution < 1.29 is 14.3 Å². The minimum Gasteiger partial charge on any atom is -0.494 e. The second-order valence-corrected chi connectivity index (χ2v) is 8.47. The lowest BCUT2D eigenvalue weighted by Gasteiger charge is -2.34. The quantitative estimate of drug-likeness (QED) is 0.663. The molecule has 0 saturated carbocycles. The van der Waals surface area contributed by atoms with E-state index in [0.717, 1.165) is 36.4 Å². The number of carbonyl (C=O) groups excluding carboxylic acids is 2. The largest absolute Gasteiger partial charge is 0.494 e. The van der Waals surface area contributed by atoms with E-state index < -0.39 is 6.04 Å². The van der Waals surface area contributed by atoms with Crippen LogP contribution in [0.25, 0.3) is 0 Å². The van der Waals surface area contributed by atoms with E-state index in [0.29, 0.717) is 26.2 Å². The molecule has 2 aromatic rings. The molecule has 0 spiro atoms. The third-order valence-electron chi connectivity index (χ3n) is 6.20. The van der Waals surface area contributed by atoms with Gasteiger partial charge in [-0.15, -0.1) is 0 Å². The number of carbonyl (C=O) groups is 2. The van der Waals surface area contributed by atoms with Gasteiger partial charge in [0.15, 0.2) is 0 Å². The minimum absolute atomic E-state index is 0.0853. The summed E-state index contributed by atoms with van der Waals surface area (Å²) in [5.41, 5.74) is 4.78. The fourth-order valence-corrected chi connectivity index (χ4v) is 4.44. The summed E-state index contributed by atoms with van der Waals surface area (Å²) in [6.45, 7) is 6.03. The molecule has 0 aliphatic carbocycles. The fraction of sp³-hybridized carbons (Fsp3) is 0.440. The van der Waals surface area contributed by atoms with Gasteiger partial charge < -0.3 is 20.3 Å². The number of nitrogens with one attached hydrogen (secondary N) is 2. The predicted molar refractivity (Wildman–Crippen MR) is 125 cm³/mol. The molecular weight excluding hydrogens is 404 g/mol. The monoisotopic (exact) mass is 436 g/mol. The molecule has 1 atom stereocenters. The van der Waals surface area contributed by atoms with Crippen molar-refractivity contribution in [3.8, 4) is 5.75 Å². The zero-order valence-corrected chi connectivity index (χ0v) is 18.9. The van der Waals surface area contributed by atoms with Crippen LogP contribution >= 0.6 is 0 Å². The van der Waals surface area contributed by atoms with Crippen LogP contribution in [0.4, 0.5) is 5.69 Å². The van der Waals surface area contributed by atoms with Crippen LogP contribution in [-0.2, 0) is 29.1 Å². The van der Waals surface area contributed by atoms with Gasteiger partial charge in [-0.2, -0.15) is 0 Å². The molecule has 2 aliphatic rings. The van der Waals surface area contributed by atoms with Gasteiger partial charge in [0.05, 0.1) is 19.1 Å². The first-order chi connectivity index (χ1) is 15.5. The van der Waals surface area contributed by atoms with E-state index in [4.69, 9.17) is 4.74 Å². The Kier molecular flexibility index (Phi) is 6.95. The van der Waals surface area contributed by atoms with Crippen LogP contribution in [0.15, 0.2) is 42.5 Å². The Morgan fingerprint density at radius 3 is 2.72 bits per heavy atom. The lowest BCUT2D eigenvalue weighted by atomic mass is 10.1. The van der Waals surface area contributed by atoms with E-state index in [9.17, 15) is 9.59 Å². The predicted octanol–water partition coefficient (Wildman–Crippen LogP) is 2.08. The molecule has 1 fully saturated rings. The molecular formula is C25H32N4O3. The zero-order valence-electron chi connectivity index (χ0n) is 18.9. The molecule has 2 N–H and O–H groups in total. The summed E-state index contributed by atoms with van der Waals surface area (Å²) < 4.78 is 5.50. The topological polar surface area (TPSA) is 73.9 Å². The molecule has 0 bridgehead atoms. The van der Waals surface area contributed by atoms with Crippen molar-refractivity contribution >= 4 is 17.5 Å². The van der Waals surface area contributed by atoms with Crippen molar-refractivity contribution in [2.45, 2.75) is 38.9 Å². The molecule has 0 radical (unpaired) electrons. The van der Waals surface area contributed by atoms with Crippen LogP contribution in [-0.4, -0.2) is 56.0 Å². The number of benzene rings is 2. The third-order valence-corrected chi connectivity index (χ3v) is 6.20. The van der Waals surface area contributed by atoms with Crippen LogP contribution < -0.4 is 20.3 Å². The lowest BCUT2D eigenvalue weighted by molar-refractivity contribution is -0.134. The first-order valence-electron chi connectivity index (χ1n) is 11.4. The molecule has 2 heterocycles. The molecule has 1 saturated heterocycles. The van der Waals surface area contributed by atoms with Gasteiger partial charge in [0, 0.05) is 45.5 Å². The van der Waals surface area contributed by atoms with Crippen molar-refractivity contribution in [3.63, 3.8) is 0 Å². The Morgan fingerprint density at radius 1 is 1.16 bits per heavy atom. The first-order valence-corrected chi connectivity index (χ1v) is 11.4. The van der Waals surface area contributed by atoms with Crippen LogP contribution in [0.3, 0.4) is 0 Å². The summed E-state index contributed by atoms with van der Waals surface area (Å²) in [6.07, 6.45) is 1.19. The van der Waals surface area contributed by atoms with Gasteiger partial charge in [-0.1, -0.05) is 24.3 Å². The van der Waals surface area contributed by atoms with E-state index in [1.54, 1.807) is 0 Å². The molecule has 2 amide bonds. The maximum atomic E-state index is 12.7.